The molecule has 1 aromatic carbocycles. The van der Waals surface area contributed by atoms with Gasteiger partial charge in [0.25, 0.3) is 0 Å². The van der Waals surface area contributed by atoms with E-state index >= 15 is 0 Å². The number of amides is 2. The van der Waals surface area contributed by atoms with Crippen molar-refractivity contribution < 1.29 is 27.9 Å². The average Bonchev–Trinajstić information content (AvgIpc) is 3.26. The van der Waals surface area contributed by atoms with Gasteiger partial charge in [0.2, 0.25) is 5.43 Å². The molecule has 1 aliphatic heterocycles. The molecule has 4 heterocycles. The molecule has 3 atom stereocenters. The number of pyridine rings is 2. The number of alkyl halides is 3. The van der Waals surface area contributed by atoms with E-state index in [1.807, 2.05) is 11.6 Å². The molecule has 3 N–H and O–H groups in total. The Morgan fingerprint density at radius 1 is 1.17 bits per heavy atom. The zero-order chi connectivity index (χ0) is 29.9. The van der Waals surface area contributed by atoms with Crippen LogP contribution in [0.4, 0.5) is 23.8 Å². The van der Waals surface area contributed by atoms with Crippen molar-refractivity contribution >= 4 is 40.1 Å². The summed E-state index contributed by atoms with van der Waals surface area (Å²) in [5.41, 5.74) is -0.446. The molecule has 1 saturated heterocycles. The number of thiazole rings is 1. The van der Waals surface area contributed by atoms with Crippen LogP contribution in [0.25, 0.3) is 32.6 Å². The van der Waals surface area contributed by atoms with E-state index in [0.29, 0.717) is 35.0 Å². The molecule has 42 heavy (non-hydrogen) atoms. The monoisotopic (exact) mass is 598 g/mol. The summed E-state index contributed by atoms with van der Waals surface area (Å²) in [6, 6.07) is 5.94. The normalized spacial score (nSPS) is 20.0. The molecular weight excluding hydrogens is 573 g/mol. The number of piperidine rings is 1. The number of likely N-dealkylation sites (tertiary alicyclic amines) is 1. The lowest BCUT2D eigenvalue weighted by Gasteiger charge is -2.18. The van der Waals surface area contributed by atoms with E-state index in [0.717, 1.165) is 29.8 Å². The van der Waals surface area contributed by atoms with Crippen molar-refractivity contribution in [2.45, 2.75) is 19.1 Å². The second-order valence-electron chi connectivity index (χ2n) is 10.5. The summed E-state index contributed by atoms with van der Waals surface area (Å²) in [5, 5.41) is 16.0. The summed E-state index contributed by atoms with van der Waals surface area (Å²) in [6.07, 6.45) is -1.85. The topological polar surface area (TPSA) is 129 Å². The summed E-state index contributed by atoms with van der Waals surface area (Å²) in [4.78, 5) is 47.7. The van der Waals surface area contributed by atoms with Crippen molar-refractivity contribution in [3.05, 3.63) is 63.5 Å². The van der Waals surface area contributed by atoms with Gasteiger partial charge in [-0.05, 0) is 49.6 Å². The molecule has 14 heteroatoms. The van der Waals surface area contributed by atoms with Gasteiger partial charge in [-0.1, -0.05) is 6.07 Å². The van der Waals surface area contributed by atoms with E-state index in [-0.39, 0.29) is 33.4 Å². The molecule has 10 nitrogen and oxygen atoms in total. The highest BCUT2D eigenvalue weighted by Gasteiger charge is 2.56. The molecule has 1 saturated carbocycles. The minimum absolute atomic E-state index is 0.0328. The zero-order valence-corrected chi connectivity index (χ0v) is 23.2. The first kappa shape index (κ1) is 27.8. The molecule has 0 bridgehead atoms. The number of carboxylic acids is 1. The predicted molar refractivity (Wildman–Crippen MR) is 151 cm³/mol. The van der Waals surface area contributed by atoms with E-state index in [2.05, 4.69) is 25.5 Å². The lowest BCUT2D eigenvalue weighted by Crippen LogP contribution is -2.28. The summed E-state index contributed by atoms with van der Waals surface area (Å²) in [7, 11) is 2.03. The number of nitrogens with zero attached hydrogens (tertiary/aromatic N) is 4. The fourth-order valence-corrected chi connectivity index (χ4v) is 6.68. The zero-order valence-electron chi connectivity index (χ0n) is 22.4. The molecule has 3 aromatic heterocycles. The minimum Gasteiger partial charge on any atom is -0.477 e. The Balaban J connectivity index is 1.49. The predicted octanol–water partition coefficient (Wildman–Crippen LogP) is 4.78. The quantitative estimate of drug-likeness (QED) is 0.291. The van der Waals surface area contributed by atoms with Gasteiger partial charge in [0.05, 0.1) is 5.52 Å². The van der Waals surface area contributed by atoms with Crippen molar-refractivity contribution in [1.82, 2.24) is 24.8 Å². The van der Waals surface area contributed by atoms with E-state index in [4.69, 9.17) is 0 Å². The number of aromatic nitrogens is 3. The summed E-state index contributed by atoms with van der Waals surface area (Å²) < 4.78 is 42.1. The van der Waals surface area contributed by atoms with Gasteiger partial charge in [0.1, 0.15) is 16.4 Å². The van der Waals surface area contributed by atoms with Gasteiger partial charge in [-0.2, -0.15) is 13.2 Å². The second kappa shape index (κ2) is 10.2. The average molecular weight is 599 g/mol. The first-order valence-electron chi connectivity index (χ1n) is 13.2. The smallest absolute Gasteiger partial charge is 0.434 e. The minimum atomic E-state index is -4.65. The van der Waals surface area contributed by atoms with Crippen molar-refractivity contribution in [2.24, 2.45) is 11.8 Å². The third-order valence-electron chi connectivity index (χ3n) is 7.73. The number of benzene rings is 1. The molecule has 0 radical (unpaired) electrons. The van der Waals surface area contributed by atoms with Crippen LogP contribution < -0.4 is 16.1 Å². The number of carbonyl (C=O) groups excluding carboxylic acids is 1. The Labute approximate surface area is 240 Å². The fraction of sp³-hybridized carbons (Fsp3) is 0.321. The van der Waals surface area contributed by atoms with Crippen LogP contribution in [-0.2, 0) is 6.18 Å². The summed E-state index contributed by atoms with van der Waals surface area (Å²) >= 11 is 0.779. The molecule has 2 amide bonds. The molecule has 2 fully saturated rings. The third kappa shape index (κ3) is 4.90. The van der Waals surface area contributed by atoms with Gasteiger partial charge in [-0.15, -0.1) is 11.3 Å². The molecule has 1 unspecified atom stereocenters. The van der Waals surface area contributed by atoms with Gasteiger partial charge >= 0.3 is 18.2 Å². The maximum Gasteiger partial charge on any atom is 0.434 e. The number of fused-ring (bicyclic) bond motifs is 2. The molecule has 218 valence electrons. The number of carboxylic acid groups (broad SMARTS) is 1. The Morgan fingerprint density at radius 2 is 1.90 bits per heavy atom. The largest absolute Gasteiger partial charge is 0.477 e. The SMILES string of the molecule is CCNC(=O)Nc1cc(-c2nc(C(F)(F)F)cs2)c(-c2ccc3c(c2)c(=O)c(C(=O)O)cn3C2[C@H]3CN(C)C[C@@H]23)cn1. The Hall–Kier alpha value is -4.30. The number of hydrogen-bond donors (Lipinski definition) is 3. The Morgan fingerprint density at radius 3 is 2.55 bits per heavy atom. The highest BCUT2D eigenvalue weighted by Crippen LogP contribution is 2.55. The number of aromatic carboxylic acids is 1. The van der Waals surface area contributed by atoms with Crippen LogP contribution in [0.5, 0.6) is 0 Å². The number of hydrogen-bond acceptors (Lipinski definition) is 7. The van der Waals surface area contributed by atoms with Gasteiger partial charge in [0.15, 0.2) is 5.69 Å². The highest BCUT2D eigenvalue weighted by molar-refractivity contribution is 7.13. The van der Waals surface area contributed by atoms with Gasteiger partial charge in [0, 0.05) is 60.0 Å². The van der Waals surface area contributed by atoms with Crippen molar-refractivity contribution in [1.29, 1.82) is 0 Å². The Bertz CT molecular complexity index is 1790. The van der Waals surface area contributed by atoms with E-state index in [1.165, 1.54) is 18.5 Å². The second-order valence-corrected chi connectivity index (χ2v) is 11.3. The number of anilines is 1. The number of carbonyl (C=O) groups is 2. The van der Waals surface area contributed by atoms with Crippen LogP contribution in [0.2, 0.25) is 0 Å². The van der Waals surface area contributed by atoms with E-state index < -0.39 is 29.3 Å². The first-order chi connectivity index (χ1) is 20.0. The molecule has 6 rings (SSSR count). The van der Waals surface area contributed by atoms with Crippen LogP contribution in [0, 0.1) is 11.8 Å². The number of rotatable bonds is 6. The van der Waals surface area contributed by atoms with Crippen LogP contribution in [0.1, 0.15) is 29.0 Å². The maximum absolute atomic E-state index is 13.4. The van der Waals surface area contributed by atoms with Gasteiger partial charge in [-0.25, -0.2) is 19.6 Å². The van der Waals surface area contributed by atoms with Crippen LogP contribution in [-0.4, -0.2) is 63.2 Å². The van der Waals surface area contributed by atoms with Crippen LogP contribution in [0.3, 0.4) is 0 Å². The van der Waals surface area contributed by atoms with Crippen molar-refractivity contribution in [2.75, 3.05) is 32.0 Å². The third-order valence-corrected chi connectivity index (χ3v) is 8.61. The molecule has 1 aliphatic carbocycles. The number of nitrogens with one attached hydrogen (secondary N) is 2. The standard InChI is InChI=1S/C28H25F3N6O4S/c1-3-32-27(41)35-22-7-14(25-34-21(12-42-25)28(29,30)31)16(8-33-22)13-4-5-20-15(6-13)24(38)19(26(39)40)11-37(20)23-17-9-36(2)10-18(17)23/h4-8,11-12,17-18,23H,3,9-10H2,1-2H3,(H,39,40)(H2,32,33,35,41)/t17-,18+,23?. The molecule has 4 aromatic rings. The van der Waals surface area contributed by atoms with Crippen molar-refractivity contribution in [3.8, 4) is 21.7 Å². The lowest BCUT2D eigenvalue weighted by molar-refractivity contribution is -0.140. The van der Waals surface area contributed by atoms with Crippen LogP contribution >= 0.6 is 11.3 Å². The highest BCUT2D eigenvalue weighted by atomic mass is 32.1. The summed E-state index contributed by atoms with van der Waals surface area (Å²) in [6.45, 7) is 3.84. The van der Waals surface area contributed by atoms with Gasteiger partial charge < -0.3 is 19.9 Å². The molecule has 0 spiro atoms. The number of urea groups is 1. The first-order valence-corrected chi connectivity index (χ1v) is 14.0. The maximum atomic E-state index is 13.4. The van der Waals surface area contributed by atoms with Crippen LogP contribution in [0.15, 0.2) is 46.8 Å². The van der Waals surface area contributed by atoms with Gasteiger partial charge in [-0.3, -0.25) is 10.1 Å². The fourth-order valence-electron chi connectivity index (χ4n) is 5.82. The number of halogens is 3. The molecular formula is C28H25F3N6O4S. The molecule has 2 aliphatic rings. The Kier molecular flexibility index (Phi) is 6.77. The van der Waals surface area contributed by atoms with E-state index in [9.17, 15) is 32.7 Å². The van der Waals surface area contributed by atoms with E-state index in [1.54, 1.807) is 25.1 Å². The van der Waals surface area contributed by atoms with Crippen molar-refractivity contribution in [3.63, 3.8) is 0 Å². The lowest BCUT2D eigenvalue weighted by atomic mass is 9.99. The summed E-state index contributed by atoms with van der Waals surface area (Å²) in [5.74, 6) is -0.536.